The van der Waals surface area contributed by atoms with E-state index < -0.39 is 9.84 Å². The van der Waals surface area contributed by atoms with Crippen LogP contribution >= 0.6 is 0 Å². The number of carbonyl (C=O) groups excluding carboxylic acids is 1. The van der Waals surface area contributed by atoms with E-state index in [4.69, 9.17) is 0 Å². The summed E-state index contributed by atoms with van der Waals surface area (Å²) in [5.74, 6) is 0.0165. The van der Waals surface area contributed by atoms with Crippen molar-refractivity contribution in [2.24, 2.45) is 5.92 Å². The second-order valence-corrected chi connectivity index (χ2v) is 7.30. The van der Waals surface area contributed by atoms with Gasteiger partial charge in [-0.1, -0.05) is 19.1 Å². The third-order valence-corrected chi connectivity index (χ3v) is 4.79. The molecule has 0 aromatic heterocycles. The highest BCUT2D eigenvalue weighted by Gasteiger charge is 2.25. The molecule has 0 aliphatic carbocycles. The summed E-state index contributed by atoms with van der Waals surface area (Å²) >= 11 is 0. The van der Waals surface area contributed by atoms with Gasteiger partial charge < -0.3 is 10.6 Å². The number of carbonyl (C=O) groups is 1. The van der Waals surface area contributed by atoms with Gasteiger partial charge in [-0.3, -0.25) is 4.79 Å². The molecule has 1 aliphatic rings. The van der Waals surface area contributed by atoms with Crippen molar-refractivity contribution in [3.63, 3.8) is 0 Å². The van der Waals surface area contributed by atoms with Crippen LogP contribution in [0.15, 0.2) is 29.2 Å². The molecule has 1 aromatic rings. The third-order valence-electron chi connectivity index (χ3n) is 3.63. The van der Waals surface area contributed by atoms with E-state index in [2.05, 4.69) is 17.6 Å². The first-order chi connectivity index (χ1) is 9.39. The zero-order chi connectivity index (χ0) is 14.8. The fourth-order valence-electron chi connectivity index (χ4n) is 2.45. The molecule has 1 aromatic carbocycles. The van der Waals surface area contributed by atoms with E-state index in [0.717, 1.165) is 25.8 Å². The van der Waals surface area contributed by atoms with Gasteiger partial charge in [-0.2, -0.15) is 0 Å². The van der Waals surface area contributed by atoms with Crippen LogP contribution in [0.1, 0.15) is 23.7 Å². The number of hydrogen-bond acceptors (Lipinski definition) is 4. The molecule has 2 atom stereocenters. The van der Waals surface area contributed by atoms with Crippen molar-refractivity contribution in [2.75, 3.05) is 19.3 Å². The van der Waals surface area contributed by atoms with E-state index in [1.165, 1.54) is 6.07 Å². The summed E-state index contributed by atoms with van der Waals surface area (Å²) in [6, 6.07) is 6.40. The largest absolute Gasteiger partial charge is 0.349 e. The third kappa shape index (κ3) is 3.37. The second kappa shape index (κ2) is 5.93. The topological polar surface area (TPSA) is 75.3 Å². The molecule has 0 saturated carbocycles. The molecule has 1 fully saturated rings. The van der Waals surface area contributed by atoms with Crippen LogP contribution < -0.4 is 10.6 Å². The van der Waals surface area contributed by atoms with Gasteiger partial charge in [-0.05, 0) is 37.6 Å². The van der Waals surface area contributed by atoms with Crippen molar-refractivity contribution in [1.29, 1.82) is 0 Å². The highest BCUT2D eigenvalue weighted by Crippen LogP contribution is 2.17. The Morgan fingerprint density at radius 3 is 2.70 bits per heavy atom. The molecule has 1 saturated heterocycles. The maximum atomic E-state index is 12.3. The average Bonchev–Trinajstić information content (AvgIpc) is 2.40. The van der Waals surface area contributed by atoms with E-state index in [-0.39, 0.29) is 22.4 Å². The predicted octanol–water partition coefficient (Wildman–Crippen LogP) is 0.818. The molecule has 2 rings (SSSR count). The number of amides is 1. The highest BCUT2D eigenvalue weighted by molar-refractivity contribution is 7.90. The van der Waals surface area contributed by atoms with Crippen molar-refractivity contribution in [3.8, 4) is 0 Å². The van der Waals surface area contributed by atoms with E-state index in [0.29, 0.717) is 5.92 Å². The van der Waals surface area contributed by atoms with Gasteiger partial charge in [0.05, 0.1) is 10.5 Å². The number of nitrogens with one attached hydrogen (secondary N) is 2. The number of rotatable bonds is 3. The number of hydrogen-bond donors (Lipinski definition) is 2. The lowest BCUT2D eigenvalue weighted by Crippen LogP contribution is -2.48. The van der Waals surface area contributed by atoms with Gasteiger partial charge >= 0.3 is 0 Å². The molecule has 0 bridgehead atoms. The molecule has 2 unspecified atom stereocenters. The van der Waals surface area contributed by atoms with Crippen molar-refractivity contribution in [1.82, 2.24) is 10.6 Å². The summed E-state index contributed by atoms with van der Waals surface area (Å²) < 4.78 is 23.4. The SMILES string of the molecule is CC1CNCCC1NC(=O)c1ccccc1S(C)(=O)=O. The molecule has 1 aliphatic heterocycles. The van der Waals surface area contributed by atoms with Gasteiger partial charge in [-0.25, -0.2) is 8.42 Å². The van der Waals surface area contributed by atoms with E-state index >= 15 is 0 Å². The maximum absolute atomic E-state index is 12.3. The quantitative estimate of drug-likeness (QED) is 0.866. The van der Waals surface area contributed by atoms with Crippen LogP contribution in [0.3, 0.4) is 0 Å². The number of sulfone groups is 1. The van der Waals surface area contributed by atoms with E-state index in [1.807, 2.05) is 0 Å². The molecule has 20 heavy (non-hydrogen) atoms. The van der Waals surface area contributed by atoms with Crippen molar-refractivity contribution in [2.45, 2.75) is 24.3 Å². The molecule has 5 nitrogen and oxygen atoms in total. The van der Waals surface area contributed by atoms with Gasteiger partial charge in [0.1, 0.15) is 0 Å². The lowest BCUT2D eigenvalue weighted by Gasteiger charge is -2.30. The molecule has 2 N–H and O–H groups in total. The van der Waals surface area contributed by atoms with Gasteiger partial charge in [-0.15, -0.1) is 0 Å². The van der Waals surface area contributed by atoms with Gasteiger partial charge in [0.25, 0.3) is 5.91 Å². The van der Waals surface area contributed by atoms with Crippen molar-refractivity contribution < 1.29 is 13.2 Å². The Morgan fingerprint density at radius 2 is 2.05 bits per heavy atom. The normalized spacial score (nSPS) is 23.3. The second-order valence-electron chi connectivity index (χ2n) is 5.32. The van der Waals surface area contributed by atoms with Gasteiger partial charge in [0.2, 0.25) is 0 Å². The first-order valence-electron chi connectivity index (χ1n) is 6.70. The first-order valence-corrected chi connectivity index (χ1v) is 8.59. The fourth-order valence-corrected chi connectivity index (χ4v) is 3.34. The Balaban J connectivity index is 2.22. The van der Waals surface area contributed by atoms with Crippen LogP contribution in [0.5, 0.6) is 0 Å². The summed E-state index contributed by atoms with van der Waals surface area (Å²) in [7, 11) is -3.41. The summed E-state index contributed by atoms with van der Waals surface area (Å²) in [6.45, 7) is 3.79. The van der Waals surface area contributed by atoms with E-state index in [9.17, 15) is 13.2 Å². The minimum absolute atomic E-state index is 0.0800. The average molecular weight is 296 g/mol. The minimum Gasteiger partial charge on any atom is -0.349 e. The van der Waals surface area contributed by atoms with Crippen LogP contribution in [-0.4, -0.2) is 39.7 Å². The van der Waals surface area contributed by atoms with Crippen LogP contribution in [-0.2, 0) is 9.84 Å². The number of piperidine rings is 1. The predicted molar refractivity (Wildman–Crippen MR) is 77.5 cm³/mol. The van der Waals surface area contributed by atoms with Gasteiger partial charge in [0.15, 0.2) is 9.84 Å². The van der Waals surface area contributed by atoms with Crippen LogP contribution in [0.4, 0.5) is 0 Å². The molecular weight excluding hydrogens is 276 g/mol. The monoisotopic (exact) mass is 296 g/mol. The number of benzene rings is 1. The van der Waals surface area contributed by atoms with Crippen LogP contribution in [0.25, 0.3) is 0 Å². The summed E-state index contributed by atoms with van der Waals surface area (Å²) in [6.07, 6.45) is 1.97. The maximum Gasteiger partial charge on any atom is 0.252 e. The Labute approximate surface area is 119 Å². The molecule has 6 heteroatoms. The summed E-state index contributed by atoms with van der Waals surface area (Å²) in [5, 5.41) is 6.22. The smallest absolute Gasteiger partial charge is 0.252 e. The minimum atomic E-state index is -3.41. The Bertz CT molecular complexity index is 598. The zero-order valence-electron chi connectivity index (χ0n) is 11.7. The molecule has 110 valence electrons. The van der Waals surface area contributed by atoms with E-state index in [1.54, 1.807) is 18.2 Å². The van der Waals surface area contributed by atoms with Crippen LogP contribution in [0.2, 0.25) is 0 Å². The molecule has 1 heterocycles. The summed E-state index contributed by atoms with van der Waals surface area (Å²) in [4.78, 5) is 12.4. The lowest BCUT2D eigenvalue weighted by molar-refractivity contribution is 0.0911. The molecule has 0 spiro atoms. The Morgan fingerprint density at radius 1 is 1.35 bits per heavy atom. The van der Waals surface area contributed by atoms with Gasteiger partial charge in [0, 0.05) is 12.3 Å². The fraction of sp³-hybridized carbons (Fsp3) is 0.500. The molecular formula is C14H20N2O3S. The molecule has 1 amide bonds. The lowest BCUT2D eigenvalue weighted by atomic mass is 9.95. The first kappa shape index (κ1) is 15.0. The molecule has 0 radical (unpaired) electrons. The van der Waals surface area contributed by atoms with Crippen molar-refractivity contribution >= 4 is 15.7 Å². The zero-order valence-corrected chi connectivity index (χ0v) is 12.5. The Kier molecular flexibility index (Phi) is 4.45. The standard InChI is InChI=1S/C14H20N2O3S/c1-10-9-15-8-7-12(10)16-14(17)11-5-3-4-6-13(11)20(2,18)19/h3-6,10,12,15H,7-9H2,1-2H3,(H,16,17). The van der Waals surface area contributed by atoms with Crippen molar-refractivity contribution in [3.05, 3.63) is 29.8 Å². The Hall–Kier alpha value is -1.40. The summed E-state index contributed by atoms with van der Waals surface area (Å²) in [5.41, 5.74) is 0.223. The van der Waals surface area contributed by atoms with Crippen LogP contribution in [0, 0.1) is 5.92 Å². The highest BCUT2D eigenvalue weighted by atomic mass is 32.2.